The van der Waals surface area contributed by atoms with Gasteiger partial charge in [0.2, 0.25) is 5.91 Å². The van der Waals surface area contributed by atoms with Crippen molar-refractivity contribution in [2.75, 3.05) is 13.2 Å². The molecular weight excluding hydrogens is 376 g/mol. The monoisotopic (exact) mass is 410 g/mol. The maximum absolute atomic E-state index is 13.1. The molecule has 0 aromatic heterocycles. The van der Waals surface area contributed by atoms with Gasteiger partial charge in [-0.1, -0.05) is 62.2 Å². The van der Waals surface area contributed by atoms with Crippen molar-refractivity contribution in [3.8, 4) is 5.75 Å². The number of carbonyl (C=O) groups excluding carboxylic acids is 2. The minimum atomic E-state index is -0.532. The molecule has 162 valence electrons. The second-order valence-corrected chi connectivity index (χ2v) is 7.68. The topological polar surface area (TPSA) is 58.6 Å². The van der Waals surface area contributed by atoms with Gasteiger partial charge in [0.25, 0.3) is 5.91 Å². The molecule has 0 fully saturated rings. The van der Waals surface area contributed by atoms with Gasteiger partial charge in [0.15, 0.2) is 6.61 Å². The van der Waals surface area contributed by atoms with E-state index in [1.165, 1.54) is 0 Å². The fourth-order valence-corrected chi connectivity index (χ4v) is 3.37. The molecule has 0 saturated carbocycles. The molecule has 5 heteroatoms. The van der Waals surface area contributed by atoms with Gasteiger partial charge in [-0.3, -0.25) is 9.59 Å². The van der Waals surface area contributed by atoms with Gasteiger partial charge in [-0.25, -0.2) is 0 Å². The molecule has 2 aromatic rings. The number of amides is 2. The molecule has 0 aliphatic heterocycles. The number of carbonyl (C=O) groups is 2. The first-order valence-corrected chi connectivity index (χ1v) is 10.8. The van der Waals surface area contributed by atoms with Gasteiger partial charge in [0.05, 0.1) is 0 Å². The minimum absolute atomic E-state index is 0.103. The van der Waals surface area contributed by atoms with Crippen LogP contribution in [0.5, 0.6) is 5.75 Å². The number of benzene rings is 2. The Hall–Kier alpha value is -2.82. The van der Waals surface area contributed by atoms with Crippen LogP contribution in [0.15, 0.2) is 48.5 Å². The van der Waals surface area contributed by atoms with E-state index >= 15 is 0 Å². The van der Waals surface area contributed by atoms with E-state index in [2.05, 4.69) is 12.2 Å². The van der Waals surface area contributed by atoms with E-state index in [0.29, 0.717) is 25.3 Å². The van der Waals surface area contributed by atoms with Crippen LogP contribution in [0.4, 0.5) is 0 Å². The smallest absolute Gasteiger partial charge is 0.261 e. The van der Waals surface area contributed by atoms with Crippen molar-refractivity contribution in [2.45, 2.75) is 59.5 Å². The van der Waals surface area contributed by atoms with E-state index in [0.717, 1.165) is 29.5 Å². The normalized spacial score (nSPS) is 11.6. The van der Waals surface area contributed by atoms with E-state index in [1.807, 2.05) is 69.3 Å². The Morgan fingerprint density at radius 1 is 1.03 bits per heavy atom. The van der Waals surface area contributed by atoms with Crippen molar-refractivity contribution in [3.63, 3.8) is 0 Å². The first-order chi connectivity index (χ1) is 14.4. The number of hydrogen-bond acceptors (Lipinski definition) is 3. The second-order valence-electron chi connectivity index (χ2n) is 7.68. The third-order valence-corrected chi connectivity index (χ3v) is 5.00. The van der Waals surface area contributed by atoms with Crippen molar-refractivity contribution in [3.05, 3.63) is 65.2 Å². The van der Waals surface area contributed by atoms with Crippen LogP contribution in [-0.4, -0.2) is 35.9 Å². The van der Waals surface area contributed by atoms with Crippen LogP contribution < -0.4 is 10.1 Å². The van der Waals surface area contributed by atoms with E-state index in [-0.39, 0.29) is 18.4 Å². The van der Waals surface area contributed by atoms with Crippen LogP contribution in [0.1, 0.15) is 49.8 Å². The molecule has 0 spiro atoms. The fraction of sp³-hybridized carbons (Fsp3) is 0.440. The summed E-state index contributed by atoms with van der Waals surface area (Å²) in [5.41, 5.74) is 3.19. The molecule has 1 N–H and O–H groups in total. The largest absolute Gasteiger partial charge is 0.484 e. The highest BCUT2D eigenvalue weighted by Crippen LogP contribution is 2.16. The number of aryl methyl sites for hydroxylation is 2. The second kappa shape index (κ2) is 12.0. The molecule has 30 heavy (non-hydrogen) atoms. The maximum Gasteiger partial charge on any atom is 0.261 e. The van der Waals surface area contributed by atoms with Crippen LogP contribution in [0, 0.1) is 13.8 Å². The van der Waals surface area contributed by atoms with Crippen LogP contribution in [0.25, 0.3) is 0 Å². The first kappa shape index (κ1) is 23.5. The molecule has 0 radical (unpaired) electrons. The number of ether oxygens (including phenoxy) is 1. The first-order valence-electron chi connectivity index (χ1n) is 10.8. The molecule has 2 aromatic carbocycles. The summed E-state index contributed by atoms with van der Waals surface area (Å²) in [4.78, 5) is 27.6. The lowest BCUT2D eigenvalue weighted by molar-refractivity contribution is -0.143. The zero-order valence-corrected chi connectivity index (χ0v) is 18.6. The predicted octanol–water partition coefficient (Wildman–Crippen LogP) is 4.41. The lowest BCUT2D eigenvalue weighted by Crippen LogP contribution is -2.50. The highest BCUT2D eigenvalue weighted by atomic mass is 16.5. The fourth-order valence-electron chi connectivity index (χ4n) is 3.37. The molecule has 0 heterocycles. The number of unbranched alkanes of at least 4 members (excludes halogenated alkanes) is 1. The standard InChI is InChI=1S/C25H34N2O3/c1-5-7-14-26-25(29)23(6-2)27(17-21-12-8-10-19(3)15-21)24(28)18-30-22-13-9-11-20(4)16-22/h8-13,15-16,23H,5-7,14,17-18H2,1-4H3,(H,26,29)/t23-/m0/s1. The molecule has 0 bridgehead atoms. The Labute approximate surface area is 180 Å². The Balaban J connectivity index is 2.17. The lowest BCUT2D eigenvalue weighted by atomic mass is 10.1. The maximum atomic E-state index is 13.1. The summed E-state index contributed by atoms with van der Waals surface area (Å²) in [6.07, 6.45) is 2.47. The summed E-state index contributed by atoms with van der Waals surface area (Å²) < 4.78 is 5.74. The van der Waals surface area contributed by atoms with E-state index in [9.17, 15) is 9.59 Å². The summed E-state index contributed by atoms with van der Waals surface area (Å²) in [7, 11) is 0. The molecule has 1 atom stereocenters. The minimum Gasteiger partial charge on any atom is -0.484 e. The molecule has 2 rings (SSSR count). The van der Waals surface area contributed by atoms with Gasteiger partial charge in [0, 0.05) is 13.1 Å². The van der Waals surface area contributed by atoms with Gasteiger partial charge in [-0.15, -0.1) is 0 Å². The molecule has 5 nitrogen and oxygen atoms in total. The Morgan fingerprint density at radius 2 is 1.73 bits per heavy atom. The quantitative estimate of drug-likeness (QED) is 0.559. The zero-order valence-electron chi connectivity index (χ0n) is 18.6. The van der Waals surface area contributed by atoms with Gasteiger partial charge < -0.3 is 15.0 Å². The lowest BCUT2D eigenvalue weighted by Gasteiger charge is -2.30. The number of nitrogens with one attached hydrogen (secondary N) is 1. The zero-order chi connectivity index (χ0) is 21.9. The Kier molecular flexibility index (Phi) is 9.39. The Bertz CT molecular complexity index is 835. The van der Waals surface area contributed by atoms with Crippen molar-refractivity contribution < 1.29 is 14.3 Å². The molecule has 0 aliphatic rings. The third kappa shape index (κ3) is 7.21. The van der Waals surface area contributed by atoms with Crippen molar-refractivity contribution in [1.29, 1.82) is 0 Å². The van der Waals surface area contributed by atoms with Crippen LogP contribution in [-0.2, 0) is 16.1 Å². The predicted molar refractivity (Wildman–Crippen MR) is 120 cm³/mol. The van der Waals surface area contributed by atoms with Crippen LogP contribution >= 0.6 is 0 Å². The molecule has 0 aliphatic carbocycles. The van der Waals surface area contributed by atoms with E-state index in [4.69, 9.17) is 4.74 Å². The highest BCUT2D eigenvalue weighted by Gasteiger charge is 2.28. The van der Waals surface area contributed by atoms with Crippen LogP contribution in [0.3, 0.4) is 0 Å². The third-order valence-electron chi connectivity index (χ3n) is 5.00. The summed E-state index contributed by atoms with van der Waals surface area (Å²) in [5.74, 6) is 0.345. The average molecular weight is 411 g/mol. The van der Waals surface area contributed by atoms with Gasteiger partial charge >= 0.3 is 0 Å². The molecule has 0 saturated heterocycles. The van der Waals surface area contributed by atoms with E-state index < -0.39 is 6.04 Å². The van der Waals surface area contributed by atoms with Gasteiger partial charge in [-0.05, 0) is 49.9 Å². The average Bonchev–Trinajstić information content (AvgIpc) is 2.72. The summed E-state index contributed by atoms with van der Waals surface area (Å²) in [5, 5.41) is 2.97. The van der Waals surface area contributed by atoms with Crippen molar-refractivity contribution >= 4 is 11.8 Å². The number of nitrogens with zero attached hydrogens (tertiary/aromatic N) is 1. The number of hydrogen-bond donors (Lipinski definition) is 1. The summed E-state index contributed by atoms with van der Waals surface area (Å²) in [6, 6.07) is 15.1. The van der Waals surface area contributed by atoms with Gasteiger partial charge in [0.1, 0.15) is 11.8 Å². The van der Waals surface area contributed by atoms with Crippen molar-refractivity contribution in [1.82, 2.24) is 10.2 Å². The Morgan fingerprint density at radius 3 is 2.37 bits per heavy atom. The highest BCUT2D eigenvalue weighted by molar-refractivity contribution is 5.88. The molecule has 2 amide bonds. The summed E-state index contributed by atoms with van der Waals surface area (Å²) >= 11 is 0. The number of rotatable bonds is 11. The summed E-state index contributed by atoms with van der Waals surface area (Å²) in [6.45, 7) is 8.91. The van der Waals surface area contributed by atoms with Crippen LogP contribution in [0.2, 0.25) is 0 Å². The van der Waals surface area contributed by atoms with Gasteiger partial charge in [-0.2, -0.15) is 0 Å². The molecular formula is C25H34N2O3. The van der Waals surface area contributed by atoms with E-state index in [1.54, 1.807) is 4.90 Å². The molecule has 0 unspecified atom stereocenters. The van der Waals surface area contributed by atoms with Crippen molar-refractivity contribution in [2.24, 2.45) is 0 Å². The SMILES string of the molecule is CCCCNC(=O)[C@H](CC)N(Cc1cccc(C)c1)C(=O)COc1cccc(C)c1.